The van der Waals surface area contributed by atoms with Gasteiger partial charge in [-0.2, -0.15) is 0 Å². The number of carbonyl (C=O) groups excluding carboxylic acids is 7. The smallest absolute Gasteiger partial charge is 0.319 e. The van der Waals surface area contributed by atoms with Crippen molar-refractivity contribution < 1.29 is 43.8 Å². The minimum absolute atomic E-state index is 0.0248. The van der Waals surface area contributed by atoms with Crippen LogP contribution < -0.4 is 21.3 Å². The maximum atomic E-state index is 14.2. The molecule has 7 amide bonds. The lowest BCUT2D eigenvalue weighted by Crippen LogP contribution is -2.61. The molecule has 16 nitrogen and oxygen atoms in total. The summed E-state index contributed by atoms with van der Waals surface area (Å²) in [6, 6.07) is 8.01. The number of piperidine rings is 1. The highest BCUT2D eigenvalue weighted by Gasteiger charge is 2.62. The number of aryl methyl sites for hydroxylation is 2. The molecule has 2 aromatic rings. The van der Waals surface area contributed by atoms with Crippen LogP contribution in [-0.2, 0) is 35.2 Å². The minimum atomic E-state index is -1.53. The molecule has 1 aliphatic carbocycles. The predicted molar refractivity (Wildman–Crippen MR) is 207 cm³/mol. The third kappa shape index (κ3) is 9.28. The highest BCUT2D eigenvalue weighted by atomic mass is 16.3. The van der Waals surface area contributed by atoms with Gasteiger partial charge in [0.1, 0.15) is 35.7 Å². The Morgan fingerprint density at radius 1 is 0.860 bits per heavy atom. The van der Waals surface area contributed by atoms with Gasteiger partial charge < -0.3 is 46.2 Å². The first kappa shape index (κ1) is 41.3. The van der Waals surface area contributed by atoms with E-state index in [0.717, 1.165) is 21.6 Å². The van der Waals surface area contributed by atoms with Crippen molar-refractivity contribution in [3.05, 3.63) is 65.2 Å². The van der Waals surface area contributed by atoms with Crippen LogP contribution >= 0.6 is 0 Å². The molecule has 1 saturated carbocycles. The highest BCUT2D eigenvalue weighted by Crippen LogP contribution is 2.46. The summed E-state index contributed by atoms with van der Waals surface area (Å²) in [7, 11) is 0. The van der Waals surface area contributed by atoms with Crippen molar-refractivity contribution in [3.8, 4) is 0 Å². The molecule has 0 radical (unpaired) electrons. The molecule has 0 bridgehead atoms. The Kier molecular flexibility index (Phi) is 12.6. The largest absolute Gasteiger partial charge is 0.394 e. The molecule has 1 spiro atoms. The summed E-state index contributed by atoms with van der Waals surface area (Å²) in [4.78, 5) is 98.4. The van der Waals surface area contributed by atoms with E-state index in [2.05, 4.69) is 21.3 Å². The number of benzene rings is 2. The summed E-state index contributed by atoms with van der Waals surface area (Å²) < 4.78 is 0. The molecule has 0 aromatic heterocycles. The second-order valence-electron chi connectivity index (χ2n) is 15.8. The van der Waals surface area contributed by atoms with E-state index in [4.69, 9.17) is 0 Å². The lowest BCUT2D eigenvalue weighted by molar-refractivity contribution is -0.151. The number of anilines is 1. The SMILES string of the molecule is Cc1ccc(NC(=O)N[C@@H](Cc2cccc(C)c2)C(=O)N[C@@H](CO)C(=O)N2C[C@H](O)C[C@H]2C(=O)N2CCCC[C@H]2C(=O)N[C@@H](C)C(=O)N2CCC[C@@]23CC3=O)cc1. The molecule has 3 aliphatic heterocycles. The number of hydrogen-bond donors (Lipinski definition) is 6. The number of β-amino-alcohol motifs (C(OH)–C–C–N with tert-alkyl or cyclic N) is 1. The molecule has 2 aromatic carbocycles. The van der Waals surface area contributed by atoms with Gasteiger partial charge in [0.25, 0.3) is 0 Å². The number of Topliss-reactive ketones (excluding diaryl/α,β-unsaturated/α-hetero) is 1. The highest BCUT2D eigenvalue weighted by molar-refractivity contribution is 6.09. The molecule has 6 rings (SSSR count). The fraction of sp³-hybridized carbons (Fsp3) is 0.537. The van der Waals surface area contributed by atoms with Crippen LogP contribution in [0.15, 0.2) is 48.5 Å². The Hall–Kier alpha value is -5.35. The zero-order chi connectivity index (χ0) is 41.0. The molecule has 306 valence electrons. The number of urea groups is 1. The molecule has 57 heavy (non-hydrogen) atoms. The van der Waals surface area contributed by atoms with Crippen LogP contribution in [0.5, 0.6) is 0 Å². The second kappa shape index (κ2) is 17.4. The maximum Gasteiger partial charge on any atom is 0.319 e. The number of nitrogens with zero attached hydrogens (tertiary/aromatic N) is 3. The van der Waals surface area contributed by atoms with E-state index in [0.29, 0.717) is 50.8 Å². The van der Waals surface area contributed by atoms with Gasteiger partial charge in [-0.3, -0.25) is 28.8 Å². The molecule has 0 unspecified atom stereocenters. The first-order valence-corrected chi connectivity index (χ1v) is 19.8. The van der Waals surface area contributed by atoms with E-state index in [1.54, 1.807) is 30.0 Å². The number of hydrogen-bond acceptors (Lipinski definition) is 9. The van der Waals surface area contributed by atoms with Gasteiger partial charge in [-0.05, 0) is 70.6 Å². The fourth-order valence-electron chi connectivity index (χ4n) is 8.36. The Morgan fingerprint density at radius 2 is 1.60 bits per heavy atom. The minimum Gasteiger partial charge on any atom is -0.394 e. The number of aliphatic hydroxyl groups excluding tert-OH is 2. The Morgan fingerprint density at radius 3 is 2.28 bits per heavy atom. The Labute approximate surface area is 331 Å². The maximum absolute atomic E-state index is 14.2. The van der Waals surface area contributed by atoms with Crippen LogP contribution in [0.3, 0.4) is 0 Å². The third-order valence-electron chi connectivity index (χ3n) is 11.5. The molecule has 16 heteroatoms. The molecule has 3 saturated heterocycles. The quantitative estimate of drug-likeness (QED) is 0.178. The van der Waals surface area contributed by atoms with E-state index in [-0.39, 0.29) is 37.6 Å². The summed E-state index contributed by atoms with van der Waals surface area (Å²) in [6.07, 6.45) is 2.04. The van der Waals surface area contributed by atoms with Crippen molar-refractivity contribution in [2.75, 3.05) is 31.6 Å². The number of likely N-dealkylation sites (tertiary alicyclic amines) is 3. The zero-order valence-electron chi connectivity index (χ0n) is 32.7. The normalized spacial score (nSPS) is 24.4. The number of amides is 7. The van der Waals surface area contributed by atoms with Crippen LogP contribution in [0.25, 0.3) is 0 Å². The number of aliphatic hydroxyl groups is 2. The molecule has 7 atom stereocenters. The van der Waals surface area contributed by atoms with E-state index in [1.807, 2.05) is 44.2 Å². The Balaban J connectivity index is 1.13. The lowest BCUT2D eigenvalue weighted by atomic mass is 9.99. The van der Waals surface area contributed by atoms with Crippen molar-refractivity contribution in [2.45, 2.75) is 114 Å². The van der Waals surface area contributed by atoms with Crippen molar-refractivity contribution in [1.29, 1.82) is 0 Å². The first-order chi connectivity index (χ1) is 27.2. The van der Waals surface area contributed by atoms with Gasteiger partial charge in [-0.1, -0.05) is 47.5 Å². The van der Waals surface area contributed by atoms with Crippen molar-refractivity contribution in [2.24, 2.45) is 0 Å². The average molecular weight is 788 g/mol. The molecular weight excluding hydrogens is 734 g/mol. The summed E-state index contributed by atoms with van der Waals surface area (Å²) in [5, 5.41) is 31.8. The van der Waals surface area contributed by atoms with Gasteiger partial charge in [-0.25, -0.2) is 4.79 Å². The summed E-state index contributed by atoms with van der Waals surface area (Å²) in [5.41, 5.74) is 2.42. The molecule has 3 heterocycles. The summed E-state index contributed by atoms with van der Waals surface area (Å²) in [5.74, 6) is -3.00. The second-order valence-corrected chi connectivity index (χ2v) is 15.8. The van der Waals surface area contributed by atoms with E-state index in [1.165, 1.54) is 4.90 Å². The van der Waals surface area contributed by atoms with Gasteiger partial charge >= 0.3 is 6.03 Å². The first-order valence-electron chi connectivity index (χ1n) is 19.8. The van der Waals surface area contributed by atoms with E-state index in [9.17, 15) is 43.8 Å². The number of nitrogens with one attached hydrogen (secondary N) is 4. The topological polar surface area (TPSA) is 218 Å². The van der Waals surface area contributed by atoms with Gasteiger partial charge in [-0.15, -0.1) is 0 Å². The van der Waals surface area contributed by atoms with Gasteiger partial charge in [0.2, 0.25) is 29.5 Å². The summed E-state index contributed by atoms with van der Waals surface area (Å²) in [6.45, 7) is 4.91. The van der Waals surface area contributed by atoms with Crippen molar-refractivity contribution >= 4 is 47.0 Å². The van der Waals surface area contributed by atoms with Crippen LogP contribution in [0, 0.1) is 13.8 Å². The molecule has 4 fully saturated rings. The number of ketones is 1. The fourth-order valence-corrected chi connectivity index (χ4v) is 8.36. The van der Waals surface area contributed by atoms with Crippen molar-refractivity contribution in [1.82, 2.24) is 30.7 Å². The van der Waals surface area contributed by atoms with Crippen LogP contribution in [0.2, 0.25) is 0 Å². The monoisotopic (exact) mass is 787 g/mol. The van der Waals surface area contributed by atoms with E-state index < -0.39 is 78.1 Å². The summed E-state index contributed by atoms with van der Waals surface area (Å²) >= 11 is 0. The van der Waals surface area contributed by atoms with Crippen molar-refractivity contribution in [3.63, 3.8) is 0 Å². The van der Waals surface area contributed by atoms with Crippen LogP contribution in [0.4, 0.5) is 10.5 Å². The van der Waals surface area contributed by atoms with E-state index >= 15 is 0 Å². The number of rotatable bonds is 12. The molecule has 6 N–H and O–H groups in total. The van der Waals surface area contributed by atoms with Gasteiger partial charge in [0, 0.05) is 44.6 Å². The Bertz CT molecular complexity index is 1890. The van der Waals surface area contributed by atoms with Gasteiger partial charge in [0.15, 0.2) is 5.78 Å². The molecular formula is C41H53N7O9. The predicted octanol–water partition coefficient (Wildman–Crippen LogP) is 0.695. The van der Waals surface area contributed by atoms with Crippen LogP contribution in [0.1, 0.15) is 68.6 Å². The number of carbonyl (C=O) groups is 7. The lowest BCUT2D eigenvalue weighted by Gasteiger charge is -2.39. The van der Waals surface area contributed by atoms with Crippen LogP contribution in [-0.4, -0.2) is 134 Å². The average Bonchev–Trinajstić information content (AvgIpc) is 3.45. The third-order valence-corrected chi connectivity index (χ3v) is 11.5. The van der Waals surface area contributed by atoms with Gasteiger partial charge in [0.05, 0.1) is 12.7 Å². The molecule has 4 aliphatic rings. The zero-order valence-corrected chi connectivity index (χ0v) is 32.7. The standard InChI is InChI=1S/C41H53N7O9/c1-24-11-13-28(14-12-24)43-40(57)45-30(19-27-9-6-8-25(2)18-27)35(52)44-31(23-49)38(55)47-22-29(50)20-33(47)39(56)46-16-5-4-10-32(46)36(53)42-26(3)37(54)48-17-7-15-41(48)21-34(41)51/h6,8-9,11-14,18,26,29-33,49-50H,4-5,7,10,15-17,19-23H2,1-3H3,(H,42,53)(H,44,52)(H2,43,45,57)/t26-,29+,30-,31-,32-,33-,41-/m0/s1.